The van der Waals surface area contributed by atoms with Crippen LogP contribution in [0.25, 0.3) is 11.0 Å². The number of fused-ring (bicyclic) bond motifs is 2. The highest BCUT2D eigenvalue weighted by Crippen LogP contribution is 2.30. The first-order valence-corrected chi connectivity index (χ1v) is 9.19. The summed E-state index contributed by atoms with van der Waals surface area (Å²) in [5.74, 6) is 0. The van der Waals surface area contributed by atoms with Gasteiger partial charge in [-0.2, -0.15) is 0 Å². The average molecular weight is 350 g/mol. The zero-order chi connectivity index (χ0) is 17.3. The number of benzene rings is 2. The molecule has 2 saturated heterocycles. The molecular formula is C20H22N4O2. The molecule has 5 rings (SSSR count). The second-order valence-corrected chi connectivity index (χ2v) is 7.14. The zero-order valence-electron chi connectivity index (χ0n) is 14.6. The van der Waals surface area contributed by atoms with Gasteiger partial charge in [0.1, 0.15) is 11.0 Å². The van der Waals surface area contributed by atoms with Gasteiger partial charge < -0.3 is 4.74 Å². The average Bonchev–Trinajstić information content (AvgIpc) is 3.18. The number of ether oxygens (including phenoxy) is 1. The molecule has 0 amide bonds. The molecule has 2 aromatic carbocycles. The Bertz CT molecular complexity index is 882. The van der Waals surface area contributed by atoms with Gasteiger partial charge in [-0.25, -0.2) is 4.63 Å². The van der Waals surface area contributed by atoms with E-state index in [0.717, 1.165) is 50.4 Å². The Labute approximate surface area is 152 Å². The summed E-state index contributed by atoms with van der Waals surface area (Å²) in [6, 6.07) is 17.6. The minimum absolute atomic E-state index is 0.361. The van der Waals surface area contributed by atoms with Gasteiger partial charge in [0.2, 0.25) is 0 Å². The molecule has 0 radical (unpaired) electrons. The largest absolute Gasteiger partial charge is 0.378 e. The van der Waals surface area contributed by atoms with E-state index in [4.69, 9.17) is 9.37 Å². The molecule has 2 fully saturated rings. The molecule has 0 unspecified atom stereocenters. The van der Waals surface area contributed by atoms with Gasteiger partial charge in [-0.3, -0.25) is 9.80 Å². The number of aromatic nitrogens is 2. The summed E-state index contributed by atoms with van der Waals surface area (Å²) in [7, 11) is 0. The van der Waals surface area contributed by atoms with E-state index in [9.17, 15) is 0 Å². The van der Waals surface area contributed by atoms with Crippen molar-refractivity contribution < 1.29 is 9.37 Å². The maximum absolute atomic E-state index is 5.96. The van der Waals surface area contributed by atoms with Crippen molar-refractivity contribution >= 4 is 11.0 Å². The Kier molecular flexibility index (Phi) is 4.16. The van der Waals surface area contributed by atoms with Gasteiger partial charge in [0.05, 0.1) is 19.3 Å². The first kappa shape index (κ1) is 15.9. The molecular weight excluding hydrogens is 328 g/mol. The molecule has 2 aliphatic rings. The Morgan fingerprint density at radius 2 is 1.88 bits per heavy atom. The molecule has 134 valence electrons. The van der Waals surface area contributed by atoms with E-state index in [1.807, 2.05) is 12.1 Å². The lowest BCUT2D eigenvalue weighted by Crippen LogP contribution is -2.58. The first-order chi connectivity index (χ1) is 12.9. The van der Waals surface area contributed by atoms with Gasteiger partial charge in [-0.1, -0.05) is 42.5 Å². The first-order valence-electron chi connectivity index (χ1n) is 9.19. The lowest BCUT2D eigenvalue weighted by atomic mass is 10.00. The van der Waals surface area contributed by atoms with Crippen LogP contribution in [0.2, 0.25) is 0 Å². The summed E-state index contributed by atoms with van der Waals surface area (Å²) in [5.41, 5.74) is 4.22. The number of hydrogen-bond donors (Lipinski definition) is 0. The molecule has 0 saturated carbocycles. The topological polar surface area (TPSA) is 54.6 Å². The number of nitrogens with zero attached hydrogens (tertiary/aromatic N) is 4. The Morgan fingerprint density at radius 1 is 0.962 bits per heavy atom. The van der Waals surface area contributed by atoms with E-state index in [1.165, 1.54) is 11.1 Å². The highest BCUT2D eigenvalue weighted by molar-refractivity contribution is 5.76. The monoisotopic (exact) mass is 350 g/mol. The Hall–Kier alpha value is -2.28. The van der Waals surface area contributed by atoms with Crippen LogP contribution in [0, 0.1) is 0 Å². The summed E-state index contributed by atoms with van der Waals surface area (Å²) in [5, 5.41) is 8.02. The standard InChI is InChI=1S/C20H22N4O2/c1-2-5-15(6-3-1)19-14-25-13-17-12-23(9-10-24(17)19)11-16-7-4-8-18-20(16)22-26-21-18/h1-8,17,19H,9-14H2/t17-,19-/m1/s1. The smallest absolute Gasteiger partial charge is 0.139 e. The molecule has 1 aromatic heterocycles. The van der Waals surface area contributed by atoms with Crippen LogP contribution < -0.4 is 0 Å². The number of rotatable bonds is 3. The molecule has 0 N–H and O–H groups in total. The second-order valence-electron chi connectivity index (χ2n) is 7.14. The summed E-state index contributed by atoms with van der Waals surface area (Å²) in [6.07, 6.45) is 0. The predicted molar refractivity (Wildman–Crippen MR) is 97.6 cm³/mol. The molecule has 0 aliphatic carbocycles. The molecule has 6 heteroatoms. The van der Waals surface area contributed by atoms with Crippen LogP contribution in [0.4, 0.5) is 0 Å². The van der Waals surface area contributed by atoms with E-state index >= 15 is 0 Å². The minimum atomic E-state index is 0.361. The zero-order valence-corrected chi connectivity index (χ0v) is 14.6. The van der Waals surface area contributed by atoms with Crippen molar-refractivity contribution in [3.8, 4) is 0 Å². The molecule has 6 nitrogen and oxygen atoms in total. The molecule has 26 heavy (non-hydrogen) atoms. The fraction of sp³-hybridized carbons (Fsp3) is 0.400. The fourth-order valence-corrected chi connectivity index (χ4v) is 4.24. The number of morpholine rings is 1. The van der Waals surface area contributed by atoms with Crippen LogP contribution >= 0.6 is 0 Å². The molecule has 3 aromatic rings. The third-order valence-corrected chi connectivity index (χ3v) is 5.55. The van der Waals surface area contributed by atoms with Gasteiger partial charge in [-0.15, -0.1) is 0 Å². The summed E-state index contributed by atoms with van der Waals surface area (Å²) in [4.78, 5) is 5.11. The number of hydrogen-bond acceptors (Lipinski definition) is 6. The third kappa shape index (κ3) is 2.90. The van der Waals surface area contributed by atoms with Gasteiger partial charge in [0.15, 0.2) is 0 Å². The van der Waals surface area contributed by atoms with E-state index in [2.05, 4.69) is 56.5 Å². The maximum atomic E-state index is 5.96. The van der Waals surface area contributed by atoms with Crippen LogP contribution in [0.1, 0.15) is 17.2 Å². The van der Waals surface area contributed by atoms with Crippen molar-refractivity contribution in [2.75, 3.05) is 32.8 Å². The van der Waals surface area contributed by atoms with Crippen LogP contribution in [0.3, 0.4) is 0 Å². The van der Waals surface area contributed by atoms with Crippen molar-refractivity contribution in [1.29, 1.82) is 0 Å². The van der Waals surface area contributed by atoms with Crippen molar-refractivity contribution in [3.63, 3.8) is 0 Å². The molecule has 2 aliphatic heterocycles. The van der Waals surface area contributed by atoms with Crippen molar-refractivity contribution in [3.05, 3.63) is 59.7 Å². The van der Waals surface area contributed by atoms with Crippen molar-refractivity contribution in [2.24, 2.45) is 0 Å². The maximum Gasteiger partial charge on any atom is 0.139 e. The molecule has 2 atom stereocenters. The SMILES string of the molecule is c1ccc([C@H]2COC[C@H]3CN(Cc4cccc5nonc45)CCN32)cc1. The minimum Gasteiger partial charge on any atom is -0.378 e. The van der Waals surface area contributed by atoms with E-state index < -0.39 is 0 Å². The Morgan fingerprint density at radius 3 is 2.81 bits per heavy atom. The molecule has 3 heterocycles. The molecule has 0 spiro atoms. The van der Waals surface area contributed by atoms with Gasteiger partial charge in [0.25, 0.3) is 0 Å². The van der Waals surface area contributed by atoms with Crippen molar-refractivity contribution in [1.82, 2.24) is 20.1 Å². The predicted octanol–water partition coefficient (Wildman–Crippen LogP) is 2.48. The van der Waals surface area contributed by atoms with E-state index in [1.54, 1.807) is 0 Å². The van der Waals surface area contributed by atoms with Crippen LogP contribution in [-0.2, 0) is 11.3 Å². The van der Waals surface area contributed by atoms with E-state index in [-0.39, 0.29) is 0 Å². The number of piperazine rings is 1. The van der Waals surface area contributed by atoms with Crippen LogP contribution in [0.5, 0.6) is 0 Å². The lowest BCUT2D eigenvalue weighted by molar-refractivity contribution is -0.0835. The van der Waals surface area contributed by atoms with Gasteiger partial charge in [0, 0.05) is 32.2 Å². The van der Waals surface area contributed by atoms with E-state index in [0.29, 0.717) is 12.1 Å². The lowest BCUT2D eigenvalue weighted by Gasteiger charge is -2.48. The van der Waals surface area contributed by atoms with Gasteiger partial charge in [-0.05, 0) is 27.5 Å². The van der Waals surface area contributed by atoms with Crippen LogP contribution in [0.15, 0.2) is 53.2 Å². The fourth-order valence-electron chi connectivity index (χ4n) is 4.24. The van der Waals surface area contributed by atoms with Crippen LogP contribution in [-0.4, -0.2) is 59.0 Å². The highest BCUT2D eigenvalue weighted by Gasteiger charge is 2.36. The summed E-state index contributed by atoms with van der Waals surface area (Å²) in [6.45, 7) is 5.55. The third-order valence-electron chi connectivity index (χ3n) is 5.55. The summed E-state index contributed by atoms with van der Waals surface area (Å²) >= 11 is 0. The summed E-state index contributed by atoms with van der Waals surface area (Å²) < 4.78 is 10.9. The van der Waals surface area contributed by atoms with Gasteiger partial charge >= 0.3 is 0 Å². The Balaban J connectivity index is 1.32. The quantitative estimate of drug-likeness (QED) is 0.723. The highest BCUT2D eigenvalue weighted by atomic mass is 16.6. The normalized spacial score (nSPS) is 24.6. The molecule has 0 bridgehead atoms. The van der Waals surface area contributed by atoms with Crippen molar-refractivity contribution in [2.45, 2.75) is 18.6 Å². The second kappa shape index (κ2) is 6.79.